The first-order valence-electron chi connectivity index (χ1n) is 8.11. The van der Waals surface area contributed by atoms with Crippen molar-refractivity contribution in [3.8, 4) is 0 Å². The van der Waals surface area contributed by atoms with Crippen molar-refractivity contribution in [2.24, 2.45) is 11.3 Å². The average molecular weight is 327 g/mol. The third-order valence-corrected chi connectivity index (χ3v) is 4.75. The van der Waals surface area contributed by atoms with Crippen molar-refractivity contribution >= 4 is 11.8 Å². The first-order valence-corrected chi connectivity index (χ1v) is 8.11. The van der Waals surface area contributed by atoms with Gasteiger partial charge in [-0.15, -0.1) is 0 Å². The zero-order chi connectivity index (χ0) is 17.5. The highest BCUT2D eigenvalue weighted by Crippen LogP contribution is 2.46. The highest BCUT2D eigenvalue weighted by atomic mass is 16.5. The Morgan fingerprint density at radius 1 is 1.29 bits per heavy atom. The van der Waals surface area contributed by atoms with Gasteiger partial charge in [0.2, 0.25) is 0 Å². The van der Waals surface area contributed by atoms with Gasteiger partial charge in [0.15, 0.2) is 12.4 Å². The van der Waals surface area contributed by atoms with E-state index < -0.39 is 5.97 Å². The molecule has 126 valence electrons. The molecule has 1 aromatic rings. The molecule has 2 unspecified atom stereocenters. The number of hydrogen-bond donors (Lipinski definition) is 1. The van der Waals surface area contributed by atoms with Crippen LogP contribution < -0.4 is 10.3 Å². The first-order chi connectivity index (χ1) is 11.3. The molecule has 0 amide bonds. The van der Waals surface area contributed by atoms with Crippen LogP contribution in [0.15, 0.2) is 47.6 Å². The second-order valence-electron chi connectivity index (χ2n) is 7.18. The molecule has 0 bridgehead atoms. The van der Waals surface area contributed by atoms with Crippen molar-refractivity contribution in [2.45, 2.75) is 33.1 Å². The van der Waals surface area contributed by atoms with Gasteiger partial charge in [0.25, 0.3) is 0 Å². The van der Waals surface area contributed by atoms with Crippen molar-refractivity contribution in [2.75, 3.05) is 7.11 Å². The van der Waals surface area contributed by atoms with Crippen LogP contribution in [0.3, 0.4) is 0 Å². The third-order valence-electron chi connectivity index (χ3n) is 4.75. The second-order valence-corrected chi connectivity index (χ2v) is 7.18. The highest BCUT2D eigenvalue weighted by Gasteiger charge is 2.46. The Bertz CT molecular complexity index is 747. The molecule has 0 aromatic carbocycles. The summed E-state index contributed by atoms with van der Waals surface area (Å²) < 4.78 is 4.99. The number of esters is 1. The number of carbonyl (C=O) groups is 2. The first kappa shape index (κ1) is 16.4. The largest absolute Gasteiger partial charge is 0.466 e. The molecule has 5 heteroatoms. The molecule has 2 heterocycles. The van der Waals surface area contributed by atoms with Crippen LogP contribution in [0.25, 0.3) is 0 Å². The predicted octanol–water partition coefficient (Wildman–Crippen LogP) is 2.13. The number of rotatable bonds is 2. The Balaban J connectivity index is 2.21. The molecule has 5 nitrogen and oxygen atoms in total. The molecule has 1 aliphatic carbocycles. The molecule has 0 radical (unpaired) electrons. The Hall–Kier alpha value is -2.43. The van der Waals surface area contributed by atoms with E-state index in [0.29, 0.717) is 12.0 Å². The van der Waals surface area contributed by atoms with E-state index in [-0.39, 0.29) is 23.0 Å². The summed E-state index contributed by atoms with van der Waals surface area (Å²) in [6.45, 7) is 5.96. The lowest BCUT2D eigenvalue weighted by atomic mass is 9.66. The van der Waals surface area contributed by atoms with Crippen LogP contribution in [0.2, 0.25) is 0 Å². The normalized spacial score (nSPS) is 25.5. The van der Waals surface area contributed by atoms with E-state index in [1.54, 1.807) is 0 Å². The number of allylic oxidation sites excluding steroid dienone is 3. The summed E-state index contributed by atoms with van der Waals surface area (Å²) in [5.74, 6) is -0.951. The van der Waals surface area contributed by atoms with E-state index in [1.807, 2.05) is 31.5 Å². The standard InChI is InChI=1S/C19H22N2O3/c1-11-15(18(23)24-4)16(12-5-7-20-8-6-12)17-13(21-11)9-19(2,3)10-14(17)22/h5-9,16-17,21H,10H2,1-4H3/p+1. The molecule has 0 fully saturated rings. The van der Waals surface area contributed by atoms with E-state index in [4.69, 9.17) is 4.74 Å². The maximum Gasteiger partial charge on any atom is 0.336 e. The van der Waals surface area contributed by atoms with Crippen molar-refractivity contribution in [1.82, 2.24) is 5.32 Å². The second kappa shape index (κ2) is 5.89. The molecule has 24 heavy (non-hydrogen) atoms. The van der Waals surface area contributed by atoms with Crippen LogP contribution in [0.4, 0.5) is 0 Å². The topological polar surface area (TPSA) is 69.5 Å². The number of aromatic nitrogens is 1. The quantitative estimate of drug-likeness (QED) is 0.845. The van der Waals surface area contributed by atoms with Crippen molar-refractivity contribution in [3.05, 3.63) is 53.1 Å². The molecule has 2 atom stereocenters. The Kier molecular flexibility index (Phi) is 4.03. The number of fused-ring (bicyclic) bond motifs is 1. The summed E-state index contributed by atoms with van der Waals surface area (Å²) in [5, 5.41) is 3.28. The summed E-state index contributed by atoms with van der Waals surface area (Å²) >= 11 is 0. The number of H-pyrrole nitrogens is 1. The third kappa shape index (κ3) is 2.75. The number of aromatic amines is 1. The monoisotopic (exact) mass is 327 g/mol. The average Bonchev–Trinajstić information content (AvgIpc) is 2.52. The van der Waals surface area contributed by atoms with E-state index in [1.165, 1.54) is 7.11 Å². The molecule has 0 saturated carbocycles. The molecule has 1 aliphatic heterocycles. The molecule has 0 spiro atoms. The minimum absolute atomic E-state index is 0.150. The zero-order valence-corrected chi connectivity index (χ0v) is 14.5. The highest BCUT2D eigenvalue weighted by molar-refractivity contribution is 5.96. The molecular formula is C19H23N2O3+. The minimum atomic E-state index is -0.394. The van der Waals surface area contributed by atoms with Crippen LogP contribution in [0.1, 0.15) is 38.7 Å². The van der Waals surface area contributed by atoms with Crippen LogP contribution in [0.5, 0.6) is 0 Å². The number of Topliss-reactive ketones (excluding diaryl/α,β-unsaturated/α-hetero) is 1. The number of methoxy groups -OCH3 is 1. The number of nitrogens with one attached hydrogen (secondary N) is 2. The fourth-order valence-corrected chi connectivity index (χ4v) is 3.81. The predicted molar refractivity (Wildman–Crippen MR) is 88.6 cm³/mol. The van der Waals surface area contributed by atoms with Gasteiger partial charge in [-0.25, -0.2) is 9.78 Å². The minimum Gasteiger partial charge on any atom is -0.466 e. The fourth-order valence-electron chi connectivity index (χ4n) is 3.81. The molecule has 1 aromatic heterocycles. The molecule has 2 aliphatic rings. The molecule has 0 saturated heterocycles. The Morgan fingerprint density at radius 2 is 1.96 bits per heavy atom. The van der Waals surface area contributed by atoms with Crippen LogP contribution in [0, 0.1) is 11.3 Å². The molecule has 3 rings (SSSR count). The smallest absolute Gasteiger partial charge is 0.336 e. The van der Waals surface area contributed by atoms with Crippen molar-refractivity contribution in [1.29, 1.82) is 0 Å². The van der Waals surface area contributed by atoms with Gasteiger partial charge in [0, 0.05) is 35.9 Å². The number of pyridine rings is 1. The zero-order valence-electron chi connectivity index (χ0n) is 14.5. The van der Waals surface area contributed by atoms with Gasteiger partial charge < -0.3 is 10.1 Å². The lowest BCUT2D eigenvalue weighted by Gasteiger charge is -2.41. The fraction of sp³-hybridized carbons (Fsp3) is 0.421. The van der Waals surface area contributed by atoms with Gasteiger partial charge in [-0.2, -0.15) is 0 Å². The van der Waals surface area contributed by atoms with Gasteiger partial charge in [-0.3, -0.25) is 4.79 Å². The van der Waals surface area contributed by atoms with E-state index >= 15 is 0 Å². The lowest BCUT2D eigenvalue weighted by molar-refractivity contribution is -0.378. The lowest BCUT2D eigenvalue weighted by Crippen LogP contribution is -2.43. The van der Waals surface area contributed by atoms with Crippen LogP contribution in [-0.2, 0) is 14.3 Å². The van der Waals surface area contributed by atoms with E-state index in [9.17, 15) is 9.59 Å². The van der Waals surface area contributed by atoms with Crippen LogP contribution >= 0.6 is 0 Å². The van der Waals surface area contributed by atoms with Crippen LogP contribution in [-0.4, -0.2) is 18.9 Å². The number of carbonyl (C=O) groups excluding carboxylic acids is 2. The molecular weight excluding hydrogens is 304 g/mol. The Morgan fingerprint density at radius 3 is 2.58 bits per heavy atom. The van der Waals surface area contributed by atoms with E-state index in [2.05, 4.69) is 30.2 Å². The van der Waals surface area contributed by atoms with E-state index in [0.717, 1.165) is 17.0 Å². The van der Waals surface area contributed by atoms with Crippen molar-refractivity contribution < 1.29 is 19.3 Å². The van der Waals surface area contributed by atoms with Gasteiger partial charge >= 0.3 is 5.97 Å². The number of hydrogen-bond acceptors (Lipinski definition) is 4. The maximum atomic E-state index is 12.9. The molecule has 2 N–H and O–H groups in total. The van der Waals surface area contributed by atoms with Gasteiger partial charge in [0.1, 0.15) is 5.78 Å². The summed E-state index contributed by atoms with van der Waals surface area (Å²) in [6, 6.07) is 3.83. The number of ketones is 1. The van der Waals surface area contributed by atoms with Gasteiger partial charge in [0.05, 0.1) is 18.6 Å². The Labute approximate surface area is 141 Å². The van der Waals surface area contributed by atoms with Gasteiger partial charge in [-0.05, 0) is 17.9 Å². The number of ether oxygens (including phenoxy) is 1. The SMILES string of the molecule is COC(=O)C1=C(C)NC2=CC(C)(C)CC(=O)C2C1c1cc[nH+]cc1. The summed E-state index contributed by atoms with van der Waals surface area (Å²) in [5.41, 5.74) is 2.90. The van der Waals surface area contributed by atoms with Crippen molar-refractivity contribution in [3.63, 3.8) is 0 Å². The maximum absolute atomic E-state index is 12.9. The summed E-state index contributed by atoms with van der Waals surface area (Å²) in [7, 11) is 1.37. The van der Waals surface area contributed by atoms with Gasteiger partial charge in [-0.1, -0.05) is 19.9 Å². The summed E-state index contributed by atoms with van der Waals surface area (Å²) in [6.07, 6.45) is 6.20. The summed E-state index contributed by atoms with van der Waals surface area (Å²) in [4.78, 5) is 28.3.